The molecular formula is C12H22N6. The van der Waals surface area contributed by atoms with Gasteiger partial charge in [-0.3, -0.25) is 0 Å². The summed E-state index contributed by atoms with van der Waals surface area (Å²) in [5, 5.41) is 3.34. The van der Waals surface area contributed by atoms with Crippen LogP contribution in [0.3, 0.4) is 0 Å². The van der Waals surface area contributed by atoms with Crippen LogP contribution in [0.25, 0.3) is 0 Å². The quantitative estimate of drug-likeness (QED) is 0.736. The molecular weight excluding hydrogens is 228 g/mol. The SMILES string of the molecule is CN(C)C1(CNc2cc(N)nc(N)n2)CCCC1. The number of nitrogens with two attached hydrogens (primary N) is 2. The zero-order valence-corrected chi connectivity index (χ0v) is 11.1. The van der Waals surface area contributed by atoms with Gasteiger partial charge in [0.05, 0.1) is 0 Å². The van der Waals surface area contributed by atoms with Crippen LogP contribution in [0, 0.1) is 0 Å². The summed E-state index contributed by atoms with van der Waals surface area (Å²) in [6, 6.07) is 1.72. The Hall–Kier alpha value is -1.56. The fourth-order valence-electron chi connectivity index (χ4n) is 2.65. The lowest BCUT2D eigenvalue weighted by Crippen LogP contribution is -2.47. The molecule has 18 heavy (non-hydrogen) atoms. The van der Waals surface area contributed by atoms with Crippen molar-refractivity contribution in [2.24, 2.45) is 0 Å². The van der Waals surface area contributed by atoms with Gasteiger partial charge in [0.2, 0.25) is 5.95 Å². The Bertz CT molecular complexity index is 391. The van der Waals surface area contributed by atoms with Gasteiger partial charge in [0, 0.05) is 18.2 Å². The van der Waals surface area contributed by atoms with E-state index >= 15 is 0 Å². The van der Waals surface area contributed by atoms with Crippen LogP contribution in [0.4, 0.5) is 17.6 Å². The average Bonchev–Trinajstić information content (AvgIpc) is 2.75. The molecule has 1 aromatic rings. The lowest BCUT2D eigenvalue weighted by molar-refractivity contribution is 0.172. The highest BCUT2D eigenvalue weighted by Gasteiger charge is 2.35. The summed E-state index contributed by atoms with van der Waals surface area (Å²) in [5.74, 6) is 1.31. The van der Waals surface area contributed by atoms with Crippen LogP contribution in [0.15, 0.2) is 6.07 Å². The molecule has 0 aliphatic heterocycles. The Morgan fingerprint density at radius 2 is 1.94 bits per heavy atom. The van der Waals surface area contributed by atoms with Crippen molar-refractivity contribution in [2.45, 2.75) is 31.2 Å². The highest BCUT2D eigenvalue weighted by atomic mass is 15.2. The van der Waals surface area contributed by atoms with Crippen LogP contribution in [-0.4, -0.2) is 41.0 Å². The molecule has 0 bridgehead atoms. The number of nitrogens with one attached hydrogen (secondary N) is 1. The van der Waals surface area contributed by atoms with Crippen LogP contribution >= 0.6 is 0 Å². The fourth-order valence-corrected chi connectivity index (χ4v) is 2.65. The van der Waals surface area contributed by atoms with E-state index in [-0.39, 0.29) is 11.5 Å². The summed E-state index contributed by atoms with van der Waals surface area (Å²) < 4.78 is 0. The van der Waals surface area contributed by atoms with Crippen LogP contribution in [0.5, 0.6) is 0 Å². The molecule has 1 aliphatic rings. The van der Waals surface area contributed by atoms with Crippen LogP contribution in [-0.2, 0) is 0 Å². The van der Waals surface area contributed by atoms with Crippen molar-refractivity contribution in [3.05, 3.63) is 6.07 Å². The second-order valence-electron chi connectivity index (χ2n) is 5.22. The molecule has 2 rings (SSSR count). The van der Waals surface area contributed by atoms with Gasteiger partial charge in [-0.25, -0.2) is 0 Å². The van der Waals surface area contributed by atoms with Gasteiger partial charge in [0.15, 0.2) is 0 Å². The summed E-state index contributed by atoms with van der Waals surface area (Å²) in [7, 11) is 4.27. The molecule has 1 aliphatic carbocycles. The second kappa shape index (κ2) is 4.97. The number of nitrogen functional groups attached to an aromatic ring is 2. The summed E-state index contributed by atoms with van der Waals surface area (Å²) in [6.45, 7) is 0.857. The number of hydrogen-bond acceptors (Lipinski definition) is 6. The predicted molar refractivity (Wildman–Crippen MR) is 74.2 cm³/mol. The largest absolute Gasteiger partial charge is 0.383 e. The third-order valence-corrected chi connectivity index (χ3v) is 3.84. The fraction of sp³-hybridized carbons (Fsp3) is 0.667. The van der Waals surface area contributed by atoms with Gasteiger partial charge >= 0.3 is 0 Å². The molecule has 6 heteroatoms. The standard InChI is InChI=1S/C12H22N6/c1-18(2)12(5-3-4-6-12)8-15-10-7-9(13)16-11(14)17-10/h7H,3-6,8H2,1-2H3,(H5,13,14,15,16,17). The summed E-state index contributed by atoms with van der Waals surface area (Å²) in [6.07, 6.45) is 4.99. The first-order valence-corrected chi connectivity index (χ1v) is 6.33. The van der Waals surface area contributed by atoms with Crippen LogP contribution in [0.1, 0.15) is 25.7 Å². The topological polar surface area (TPSA) is 93.1 Å². The van der Waals surface area contributed by atoms with E-state index in [9.17, 15) is 0 Å². The number of anilines is 3. The molecule has 1 aromatic heterocycles. The van der Waals surface area contributed by atoms with Gasteiger partial charge in [-0.2, -0.15) is 9.97 Å². The molecule has 0 radical (unpaired) electrons. The Kier molecular flexibility index (Phi) is 3.56. The molecule has 0 atom stereocenters. The molecule has 5 N–H and O–H groups in total. The van der Waals surface area contributed by atoms with Crippen molar-refractivity contribution in [2.75, 3.05) is 37.4 Å². The highest BCUT2D eigenvalue weighted by molar-refractivity contribution is 5.48. The maximum atomic E-state index is 5.65. The van der Waals surface area contributed by atoms with Gasteiger partial charge in [0.1, 0.15) is 11.6 Å². The van der Waals surface area contributed by atoms with Gasteiger partial charge < -0.3 is 21.7 Å². The molecule has 0 spiro atoms. The van der Waals surface area contributed by atoms with Crippen LogP contribution < -0.4 is 16.8 Å². The lowest BCUT2D eigenvalue weighted by atomic mass is 9.96. The molecule has 0 amide bonds. The van der Waals surface area contributed by atoms with Crippen molar-refractivity contribution in [1.29, 1.82) is 0 Å². The monoisotopic (exact) mass is 250 g/mol. The minimum Gasteiger partial charge on any atom is -0.383 e. The van der Waals surface area contributed by atoms with Gasteiger partial charge in [-0.05, 0) is 26.9 Å². The Labute approximate surface area is 108 Å². The zero-order chi connectivity index (χ0) is 13.2. The van der Waals surface area contributed by atoms with E-state index in [0.29, 0.717) is 11.6 Å². The van der Waals surface area contributed by atoms with Crippen molar-refractivity contribution in [3.63, 3.8) is 0 Å². The third kappa shape index (κ3) is 2.64. The number of aromatic nitrogens is 2. The first-order chi connectivity index (χ1) is 8.52. The summed E-state index contributed by atoms with van der Waals surface area (Å²) in [5.41, 5.74) is 11.5. The Morgan fingerprint density at radius 1 is 1.28 bits per heavy atom. The molecule has 0 saturated heterocycles. The van der Waals surface area contributed by atoms with E-state index in [0.717, 1.165) is 6.54 Å². The average molecular weight is 250 g/mol. The van der Waals surface area contributed by atoms with Gasteiger partial charge in [-0.15, -0.1) is 0 Å². The first kappa shape index (κ1) is 12.9. The van der Waals surface area contributed by atoms with E-state index in [1.54, 1.807) is 6.07 Å². The molecule has 1 saturated carbocycles. The van der Waals surface area contributed by atoms with Gasteiger partial charge in [-0.1, -0.05) is 12.8 Å². The maximum absolute atomic E-state index is 5.65. The van der Waals surface area contributed by atoms with Crippen molar-refractivity contribution in [3.8, 4) is 0 Å². The highest BCUT2D eigenvalue weighted by Crippen LogP contribution is 2.33. The predicted octanol–water partition coefficient (Wildman–Crippen LogP) is 0.927. The van der Waals surface area contributed by atoms with E-state index in [1.807, 2.05) is 0 Å². The van der Waals surface area contributed by atoms with E-state index in [4.69, 9.17) is 11.5 Å². The van der Waals surface area contributed by atoms with Crippen molar-refractivity contribution in [1.82, 2.24) is 14.9 Å². The smallest absolute Gasteiger partial charge is 0.223 e. The van der Waals surface area contributed by atoms with Crippen molar-refractivity contribution < 1.29 is 0 Å². The molecule has 0 aromatic carbocycles. The maximum Gasteiger partial charge on any atom is 0.223 e. The normalized spacial score (nSPS) is 18.2. The lowest BCUT2D eigenvalue weighted by Gasteiger charge is -2.36. The van der Waals surface area contributed by atoms with E-state index in [1.165, 1.54) is 25.7 Å². The minimum atomic E-state index is 0.211. The summed E-state index contributed by atoms with van der Waals surface area (Å²) >= 11 is 0. The van der Waals surface area contributed by atoms with Crippen LogP contribution in [0.2, 0.25) is 0 Å². The Balaban J connectivity index is 2.05. The van der Waals surface area contributed by atoms with E-state index in [2.05, 4.69) is 34.3 Å². The number of hydrogen-bond donors (Lipinski definition) is 3. The minimum absolute atomic E-state index is 0.211. The number of rotatable bonds is 4. The van der Waals surface area contributed by atoms with E-state index < -0.39 is 0 Å². The zero-order valence-electron chi connectivity index (χ0n) is 11.1. The van der Waals surface area contributed by atoms with Crippen molar-refractivity contribution >= 4 is 17.6 Å². The molecule has 0 unspecified atom stereocenters. The third-order valence-electron chi connectivity index (χ3n) is 3.84. The van der Waals surface area contributed by atoms with Gasteiger partial charge in [0.25, 0.3) is 0 Å². The molecule has 1 heterocycles. The molecule has 6 nitrogen and oxygen atoms in total. The Morgan fingerprint density at radius 3 is 2.50 bits per heavy atom. The molecule has 100 valence electrons. The first-order valence-electron chi connectivity index (χ1n) is 6.33. The number of nitrogens with zero attached hydrogens (tertiary/aromatic N) is 3. The summed E-state index contributed by atoms with van der Waals surface area (Å²) in [4.78, 5) is 10.3. The molecule has 1 fully saturated rings. The number of likely N-dealkylation sites (N-methyl/N-ethyl adjacent to an activating group) is 1. The second-order valence-corrected chi connectivity index (χ2v) is 5.22.